The molecular weight excluding hydrogens is 342 g/mol. The zero-order valence-electron chi connectivity index (χ0n) is 14.0. The van der Waals surface area contributed by atoms with Gasteiger partial charge < -0.3 is 5.32 Å². The van der Waals surface area contributed by atoms with E-state index in [1.165, 1.54) is 16.4 Å². The molecule has 0 saturated carbocycles. The molecule has 1 heterocycles. The zero-order valence-corrected chi connectivity index (χ0v) is 14.8. The van der Waals surface area contributed by atoms with Gasteiger partial charge in [0.05, 0.1) is 10.6 Å². The minimum absolute atomic E-state index is 0.0924. The summed E-state index contributed by atoms with van der Waals surface area (Å²) in [5.41, 5.74) is 1.35. The van der Waals surface area contributed by atoms with Crippen LogP contribution in [0.25, 0.3) is 0 Å². The van der Waals surface area contributed by atoms with Crippen molar-refractivity contribution in [3.8, 4) is 0 Å². The summed E-state index contributed by atoms with van der Waals surface area (Å²) in [6.45, 7) is 4.20. The lowest BCUT2D eigenvalue weighted by molar-refractivity contribution is -0.387. The number of rotatable bonds is 3. The molecule has 25 heavy (non-hydrogen) atoms. The minimum Gasteiger partial charge on any atom is -0.308 e. The number of hydrogen-bond acceptors (Lipinski definition) is 5. The van der Waals surface area contributed by atoms with E-state index in [1.807, 2.05) is 19.1 Å². The summed E-state index contributed by atoms with van der Waals surface area (Å²) in [7, 11) is -4.09. The molecule has 1 aliphatic rings. The van der Waals surface area contributed by atoms with Crippen molar-refractivity contribution in [2.24, 2.45) is 0 Å². The maximum absolute atomic E-state index is 13.4. The first-order valence-electron chi connectivity index (χ1n) is 7.90. The van der Waals surface area contributed by atoms with E-state index in [0.29, 0.717) is 17.8 Å². The van der Waals surface area contributed by atoms with Gasteiger partial charge in [-0.2, -0.15) is 0 Å². The number of benzene rings is 2. The average Bonchev–Trinajstić information content (AvgIpc) is 2.74. The van der Waals surface area contributed by atoms with Gasteiger partial charge >= 0.3 is 0 Å². The fourth-order valence-corrected chi connectivity index (χ4v) is 5.01. The molecule has 0 aromatic heterocycles. The fourth-order valence-electron chi connectivity index (χ4n) is 3.05. The van der Waals surface area contributed by atoms with Crippen LogP contribution in [-0.2, 0) is 16.6 Å². The Morgan fingerprint density at radius 2 is 1.92 bits per heavy atom. The van der Waals surface area contributed by atoms with Gasteiger partial charge in [-0.3, -0.25) is 14.4 Å². The Bertz CT molecular complexity index is 927. The first-order chi connectivity index (χ1) is 11.8. The molecule has 2 aromatic carbocycles. The minimum atomic E-state index is -4.09. The highest BCUT2D eigenvalue weighted by atomic mass is 32.2. The third kappa shape index (κ3) is 3.10. The van der Waals surface area contributed by atoms with Gasteiger partial charge in [-0.25, -0.2) is 8.42 Å². The van der Waals surface area contributed by atoms with Crippen LogP contribution in [0.5, 0.6) is 0 Å². The van der Waals surface area contributed by atoms with Crippen molar-refractivity contribution >= 4 is 21.4 Å². The van der Waals surface area contributed by atoms with Crippen molar-refractivity contribution in [2.75, 3.05) is 10.8 Å². The Balaban J connectivity index is 2.23. The molecule has 8 heteroatoms. The Kier molecular flexibility index (Phi) is 4.49. The summed E-state index contributed by atoms with van der Waals surface area (Å²) in [5.74, 6) is 0. The largest absolute Gasteiger partial charge is 0.308 e. The number of aryl methyl sites for hydroxylation is 1. The standard InChI is InChI=1S/C17H19N3O4S/c1-12-6-5-9-16(20(21)22)17(12)25(23,24)19-11-13(2)18-10-14-7-3-4-8-15(14)19/h3-9,13,18H,10-11H2,1-2H3. The number of nitrogens with zero attached hydrogens (tertiary/aromatic N) is 2. The number of sulfonamides is 1. The van der Waals surface area contributed by atoms with Crippen LogP contribution in [0, 0.1) is 17.0 Å². The summed E-state index contributed by atoms with van der Waals surface area (Å²) >= 11 is 0. The first-order valence-corrected chi connectivity index (χ1v) is 9.34. The van der Waals surface area contributed by atoms with Gasteiger partial charge in [-0.15, -0.1) is 0 Å². The van der Waals surface area contributed by atoms with E-state index in [9.17, 15) is 18.5 Å². The summed E-state index contributed by atoms with van der Waals surface area (Å²) in [5, 5.41) is 14.7. The summed E-state index contributed by atoms with van der Waals surface area (Å²) < 4.78 is 28.1. The molecule has 132 valence electrons. The van der Waals surface area contributed by atoms with Gasteiger partial charge in [-0.1, -0.05) is 30.3 Å². The highest BCUT2D eigenvalue weighted by molar-refractivity contribution is 7.93. The number of nitro benzene ring substituents is 1. The predicted molar refractivity (Wildman–Crippen MR) is 95.1 cm³/mol. The molecule has 1 N–H and O–H groups in total. The zero-order chi connectivity index (χ0) is 18.2. The van der Waals surface area contributed by atoms with Gasteiger partial charge in [0, 0.05) is 25.2 Å². The van der Waals surface area contributed by atoms with E-state index in [2.05, 4.69) is 5.32 Å². The van der Waals surface area contributed by atoms with Crippen LogP contribution < -0.4 is 9.62 Å². The highest BCUT2D eigenvalue weighted by Crippen LogP contribution is 2.34. The lowest BCUT2D eigenvalue weighted by atomic mass is 10.2. The Morgan fingerprint density at radius 3 is 2.64 bits per heavy atom. The third-order valence-corrected chi connectivity index (χ3v) is 6.25. The molecule has 0 aliphatic carbocycles. The highest BCUT2D eigenvalue weighted by Gasteiger charge is 2.36. The number of nitrogens with one attached hydrogen (secondary N) is 1. The molecule has 3 rings (SSSR count). The SMILES string of the molecule is Cc1cccc([N+](=O)[O-])c1S(=O)(=O)N1CC(C)NCc2ccccc21. The van der Waals surface area contributed by atoms with Gasteiger partial charge in [-0.05, 0) is 31.0 Å². The van der Waals surface area contributed by atoms with Crippen molar-refractivity contribution in [3.63, 3.8) is 0 Å². The maximum atomic E-state index is 13.4. The number of fused-ring (bicyclic) bond motifs is 1. The summed E-state index contributed by atoms with van der Waals surface area (Å²) in [6.07, 6.45) is 0. The topological polar surface area (TPSA) is 92.5 Å². The second kappa shape index (κ2) is 6.45. The van der Waals surface area contributed by atoms with Crippen LogP contribution in [0.2, 0.25) is 0 Å². The number of anilines is 1. The van der Waals surface area contributed by atoms with Crippen LogP contribution >= 0.6 is 0 Å². The molecule has 0 spiro atoms. The molecule has 1 aliphatic heterocycles. The predicted octanol–water partition coefficient (Wildman–Crippen LogP) is 2.59. The lowest BCUT2D eigenvalue weighted by Gasteiger charge is -2.26. The molecular formula is C17H19N3O4S. The van der Waals surface area contributed by atoms with Crippen LogP contribution in [0.4, 0.5) is 11.4 Å². The van der Waals surface area contributed by atoms with Gasteiger partial charge in [0.15, 0.2) is 4.90 Å². The molecule has 0 saturated heterocycles. The van der Waals surface area contributed by atoms with E-state index < -0.39 is 20.6 Å². The van der Waals surface area contributed by atoms with E-state index in [0.717, 1.165) is 5.56 Å². The molecule has 0 fully saturated rings. The van der Waals surface area contributed by atoms with E-state index >= 15 is 0 Å². The first kappa shape index (κ1) is 17.4. The van der Waals surface area contributed by atoms with Gasteiger partial charge in [0.2, 0.25) is 0 Å². The molecule has 1 unspecified atom stereocenters. The maximum Gasteiger partial charge on any atom is 0.290 e. The van der Waals surface area contributed by atoms with Crippen molar-refractivity contribution in [1.29, 1.82) is 0 Å². The van der Waals surface area contributed by atoms with Crippen molar-refractivity contribution < 1.29 is 13.3 Å². The second-order valence-electron chi connectivity index (χ2n) is 6.13. The second-order valence-corrected chi connectivity index (χ2v) is 7.93. The van der Waals surface area contributed by atoms with E-state index in [4.69, 9.17) is 0 Å². The molecule has 2 aromatic rings. The van der Waals surface area contributed by atoms with Gasteiger partial charge in [0.25, 0.3) is 15.7 Å². The average molecular weight is 361 g/mol. The molecule has 0 radical (unpaired) electrons. The monoisotopic (exact) mass is 361 g/mol. The number of nitro groups is 1. The quantitative estimate of drug-likeness (QED) is 0.670. The Labute approximate surface area is 146 Å². The summed E-state index contributed by atoms with van der Waals surface area (Å²) in [6, 6.07) is 11.4. The number of hydrogen-bond donors (Lipinski definition) is 1. The molecule has 0 bridgehead atoms. The third-order valence-electron chi connectivity index (χ3n) is 4.28. The van der Waals surface area contributed by atoms with E-state index in [1.54, 1.807) is 25.1 Å². The van der Waals surface area contributed by atoms with Crippen LogP contribution in [0.15, 0.2) is 47.4 Å². The molecule has 0 amide bonds. The molecule has 1 atom stereocenters. The normalized spacial score (nSPS) is 17.7. The van der Waals surface area contributed by atoms with Gasteiger partial charge in [0.1, 0.15) is 0 Å². The van der Waals surface area contributed by atoms with Crippen LogP contribution in [0.1, 0.15) is 18.1 Å². The lowest BCUT2D eigenvalue weighted by Crippen LogP contribution is -2.40. The summed E-state index contributed by atoms with van der Waals surface area (Å²) in [4.78, 5) is 10.5. The Morgan fingerprint density at radius 1 is 1.20 bits per heavy atom. The van der Waals surface area contributed by atoms with Crippen molar-refractivity contribution in [3.05, 3.63) is 63.7 Å². The fraction of sp³-hybridized carbons (Fsp3) is 0.294. The number of para-hydroxylation sites is 1. The molecule has 7 nitrogen and oxygen atoms in total. The van der Waals surface area contributed by atoms with Crippen LogP contribution in [-0.4, -0.2) is 25.9 Å². The van der Waals surface area contributed by atoms with E-state index in [-0.39, 0.29) is 17.5 Å². The van der Waals surface area contributed by atoms with Crippen molar-refractivity contribution in [1.82, 2.24) is 5.32 Å². The van der Waals surface area contributed by atoms with Crippen LogP contribution in [0.3, 0.4) is 0 Å². The van der Waals surface area contributed by atoms with Crippen molar-refractivity contribution in [2.45, 2.75) is 31.3 Å². The smallest absolute Gasteiger partial charge is 0.290 e. The Hall–Kier alpha value is -2.45.